The first-order chi connectivity index (χ1) is 9.33. The van der Waals surface area contributed by atoms with Crippen molar-refractivity contribution < 1.29 is 13.2 Å². The van der Waals surface area contributed by atoms with Crippen LogP contribution in [0.3, 0.4) is 0 Å². The SMILES string of the molecule is CCN(C)C(=O)C(C)NS(=O)(=O)c1cccnc1C#N. The summed E-state index contributed by atoms with van der Waals surface area (Å²) >= 11 is 0. The molecule has 0 aromatic carbocycles. The largest absolute Gasteiger partial charge is 0.345 e. The fourth-order valence-electron chi connectivity index (χ4n) is 1.52. The lowest BCUT2D eigenvalue weighted by atomic mass is 10.3. The molecule has 20 heavy (non-hydrogen) atoms. The van der Waals surface area contributed by atoms with E-state index in [1.807, 2.05) is 0 Å². The predicted octanol–water partition coefficient (Wildman–Crippen LogP) is 0.0984. The summed E-state index contributed by atoms with van der Waals surface area (Å²) in [6, 6.07) is 3.48. The number of nitrogens with zero attached hydrogens (tertiary/aromatic N) is 3. The molecule has 1 aromatic heterocycles. The molecular formula is C12H16N4O3S. The molecule has 0 aliphatic heterocycles. The summed E-state index contributed by atoms with van der Waals surface area (Å²) in [6.07, 6.45) is 1.33. The molecular weight excluding hydrogens is 280 g/mol. The molecule has 1 amide bonds. The highest BCUT2D eigenvalue weighted by Gasteiger charge is 2.26. The fourth-order valence-corrected chi connectivity index (χ4v) is 2.83. The van der Waals surface area contributed by atoms with E-state index in [-0.39, 0.29) is 16.5 Å². The second kappa shape index (κ2) is 6.45. The lowest BCUT2D eigenvalue weighted by Gasteiger charge is -2.20. The summed E-state index contributed by atoms with van der Waals surface area (Å²) in [5, 5.41) is 8.87. The number of amides is 1. The highest BCUT2D eigenvalue weighted by atomic mass is 32.2. The minimum atomic E-state index is -3.97. The number of aromatic nitrogens is 1. The van der Waals surface area contributed by atoms with Crippen molar-refractivity contribution in [2.24, 2.45) is 0 Å². The number of hydrogen-bond donors (Lipinski definition) is 1. The number of rotatable bonds is 5. The summed E-state index contributed by atoms with van der Waals surface area (Å²) in [5.74, 6) is -0.349. The van der Waals surface area contributed by atoms with Gasteiger partial charge in [-0.1, -0.05) is 0 Å². The third kappa shape index (κ3) is 3.53. The zero-order valence-corrected chi connectivity index (χ0v) is 12.3. The topological polar surface area (TPSA) is 103 Å². The number of carbonyl (C=O) groups is 1. The molecule has 0 fully saturated rings. The van der Waals surface area contributed by atoms with Crippen LogP contribution in [0.15, 0.2) is 23.2 Å². The highest BCUT2D eigenvalue weighted by molar-refractivity contribution is 7.89. The molecule has 0 saturated heterocycles. The van der Waals surface area contributed by atoms with Crippen LogP contribution in [0, 0.1) is 11.3 Å². The van der Waals surface area contributed by atoms with E-state index in [1.165, 1.54) is 30.2 Å². The molecule has 1 N–H and O–H groups in total. The van der Waals surface area contributed by atoms with Gasteiger partial charge in [-0.2, -0.15) is 9.98 Å². The molecule has 0 saturated carbocycles. The van der Waals surface area contributed by atoms with Crippen molar-refractivity contribution in [3.8, 4) is 6.07 Å². The van der Waals surface area contributed by atoms with Gasteiger partial charge in [0.25, 0.3) is 0 Å². The maximum absolute atomic E-state index is 12.2. The average Bonchev–Trinajstić information content (AvgIpc) is 2.44. The van der Waals surface area contributed by atoms with Crippen LogP contribution in [0.1, 0.15) is 19.5 Å². The Morgan fingerprint density at radius 3 is 2.80 bits per heavy atom. The van der Waals surface area contributed by atoms with Gasteiger partial charge in [0.15, 0.2) is 5.69 Å². The van der Waals surface area contributed by atoms with Gasteiger partial charge in [-0.25, -0.2) is 13.4 Å². The van der Waals surface area contributed by atoms with Crippen LogP contribution in [0.4, 0.5) is 0 Å². The molecule has 0 aliphatic carbocycles. The molecule has 1 unspecified atom stereocenters. The first kappa shape index (κ1) is 16.1. The van der Waals surface area contributed by atoms with Crippen molar-refractivity contribution in [1.29, 1.82) is 5.26 Å². The number of hydrogen-bond acceptors (Lipinski definition) is 5. The summed E-state index contributed by atoms with van der Waals surface area (Å²) in [5.41, 5.74) is -0.205. The summed E-state index contributed by atoms with van der Waals surface area (Å²) < 4.78 is 26.6. The van der Waals surface area contributed by atoms with Gasteiger partial charge < -0.3 is 4.90 Å². The van der Waals surface area contributed by atoms with Crippen LogP contribution in [0.5, 0.6) is 0 Å². The molecule has 8 heteroatoms. The molecule has 0 spiro atoms. The minimum absolute atomic E-state index is 0.205. The van der Waals surface area contributed by atoms with Gasteiger partial charge >= 0.3 is 0 Å². The van der Waals surface area contributed by atoms with Crippen molar-refractivity contribution in [1.82, 2.24) is 14.6 Å². The van der Waals surface area contributed by atoms with Gasteiger partial charge in [0.05, 0.1) is 6.04 Å². The van der Waals surface area contributed by atoms with E-state index >= 15 is 0 Å². The molecule has 1 heterocycles. The molecule has 108 valence electrons. The van der Waals surface area contributed by atoms with Gasteiger partial charge in [0.2, 0.25) is 15.9 Å². The number of sulfonamides is 1. The molecule has 0 bridgehead atoms. The van der Waals surface area contributed by atoms with Crippen molar-refractivity contribution >= 4 is 15.9 Å². The minimum Gasteiger partial charge on any atom is -0.345 e. The maximum Gasteiger partial charge on any atom is 0.244 e. The number of likely N-dealkylation sites (N-methyl/N-ethyl adjacent to an activating group) is 1. The molecule has 1 atom stereocenters. The zero-order chi connectivity index (χ0) is 15.3. The Balaban J connectivity index is 3.02. The highest BCUT2D eigenvalue weighted by Crippen LogP contribution is 2.12. The van der Waals surface area contributed by atoms with E-state index in [1.54, 1.807) is 20.0 Å². The van der Waals surface area contributed by atoms with Crippen LogP contribution in [-0.4, -0.2) is 43.8 Å². The monoisotopic (exact) mass is 296 g/mol. The van der Waals surface area contributed by atoms with Gasteiger partial charge in [-0.05, 0) is 26.0 Å². The van der Waals surface area contributed by atoms with Gasteiger partial charge in [0.1, 0.15) is 11.0 Å². The van der Waals surface area contributed by atoms with E-state index < -0.39 is 16.1 Å². The summed E-state index contributed by atoms with van der Waals surface area (Å²) in [7, 11) is -2.39. The number of carbonyl (C=O) groups excluding carboxylic acids is 1. The van der Waals surface area contributed by atoms with E-state index in [4.69, 9.17) is 5.26 Å². The van der Waals surface area contributed by atoms with E-state index in [0.717, 1.165) is 0 Å². The zero-order valence-electron chi connectivity index (χ0n) is 11.5. The number of nitrogens with one attached hydrogen (secondary N) is 1. The lowest BCUT2D eigenvalue weighted by molar-refractivity contribution is -0.131. The Labute approximate surface area is 118 Å². The van der Waals surface area contributed by atoms with Crippen LogP contribution >= 0.6 is 0 Å². The summed E-state index contributed by atoms with van der Waals surface area (Å²) in [6.45, 7) is 3.71. The van der Waals surface area contributed by atoms with Gasteiger partial charge in [-0.15, -0.1) is 0 Å². The first-order valence-electron chi connectivity index (χ1n) is 5.96. The quantitative estimate of drug-likeness (QED) is 0.830. The molecule has 7 nitrogen and oxygen atoms in total. The summed E-state index contributed by atoms with van der Waals surface area (Å²) in [4.78, 5) is 16.7. The molecule has 0 radical (unpaired) electrons. The van der Waals surface area contributed by atoms with E-state index in [2.05, 4.69) is 9.71 Å². The molecule has 1 aromatic rings. The van der Waals surface area contributed by atoms with Crippen LogP contribution in [-0.2, 0) is 14.8 Å². The second-order valence-corrected chi connectivity index (χ2v) is 5.84. The van der Waals surface area contributed by atoms with Crippen LogP contribution in [0.2, 0.25) is 0 Å². The Kier molecular flexibility index (Phi) is 5.19. The molecule has 1 rings (SSSR count). The van der Waals surface area contributed by atoms with Gasteiger partial charge in [-0.3, -0.25) is 4.79 Å². The standard InChI is InChI=1S/C12H16N4O3S/c1-4-16(3)12(17)9(2)15-20(18,19)11-6-5-7-14-10(11)8-13/h5-7,9,15H,4H2,1-3H3. The Morgan fingerprint density at radius 2 is 2.25 bits per heavy atom. The number of pyridine rings is 1. The number of nitriles is 1. The van der Waals surface area contributed by atoms with Crippen LogP contribution in [0.25, 0.3) is 0 Å². The van der Waals surface area contributed by atoms with Crippen molar-refractivity contribution in [3.05, 3.63) is 24.0 Å². The lowest BCUT2D eigenvalue weighted by Crippen LogP contribution is -2.45. The fraction of sp³-hybridized carbons (Fsp3) is 0.417. The van der Waals surface area contributed by atoms with E-state index in [9.17, 15) is 13.2 Å². The average molecular weight is 296 g/mol. The third-order valence-corrected chi connectivity index (χ3v) is 4.29. The van der Waals surface area contributed by atoms with Crippen molar-refractivity contribution in [3.63, 3.8) is 0 Å². The Morgan fingerprint density at radius 1 is 1.60 bits per heavy atom. The first-order valence-corrected chi connectivity index (χ1v) is 7.44. The second-order valence-electron chi connectivity index (χ2n) is 4.16. The molecule has 0 aliphatic rings. The van der Waals surface area contributed by atoms with Crippen molar-refractivity contribution in [2.75, 3.05) is 13.6 Å². The van der Waals surface area contributed by atoms with Gasteiger partial charge in [0, 0.05) is 19.8 Å². The van der Waals surface area contributed by atoms with E-state index in [0.29, 0.717) is 6.54 Å². The normalized spacial score (nSPS) is 12.5. The smallest absolute Gasteiger partial charge is 0.244 e. The van der Waals surface area contributed by atoms with Crippen LogP contribution < -0.4 is 4.72 Å². The Hall–Kier alpha value is -1.98. The van der Waals surface area contributed by atoms with Crippen molar-refractivity contribution in [2.45, 2.75) is 24.8 Å². The Bertz CT molecular complexity index is 636. The maximum atomic E-state index is 12.2. The third-order valence-electron chi connectivity index (χ3n) is 2.72. The predicted molar refractivity (Wildman–Crippen MR) is 72.0 cm³/mol.